The molecule has 0 amide bonds. The molecular formula is C27H30Hf. The summed E-state index contributed by atoms with van der Waals surface area (Å²) < 4.78 is 2.16. The van der Waals surface area contributed by atoms with Crippen molar-refractivity contribution in [3.63, 3.8) is 0 Å². The summed E-state index contributed by atoms with van der Waals surface area (Å²) in [6.07, 6.45) is 4.97. The Kier molecular flexibility index (Phi) is 5.49. The Morgan fingerprint density at radius 1 is 0.821 bits per heavy atom. The normalized spacial score (nSPS) is 20.5. The van der Waals surface area contributed by atoms with Gasteiger partial charge in [0.2, 0.25) is 0 Å². The van der Waals surface area contributed by atoms with Gasteiger partial charge in [0, 0.05) is 0 Å². The average Bonchev–Trinajstić information content (AvgIpc) is 3.12. The summed E-state index contributed by atoms with van der Waals surface area (Å²) in [5, 5.41) is 0. The van der Waals surface area contributed by atoms with Crippen LogP contribution >= 0.6 is 0 Å². The van der Waals surface area contributed by atoms with Crippen LogP contribution in [-0.4, -0.2) is 0 Å². The van der Waals surface area contributed by atoms with Crippen LogP contribution in [0.1, 0.15) is 63.6 Å². The van der Waals surface area contributed by atoms with Gasteiger partial charge in [0.05, 0.1) is 0 Å². The summed E-state index contributed by atoms with van der Waals surface area (Å²) in [4.78, 5) is 0. The summed E-state index contributed by atoms with van der Waals surface area (Å²) in [7, 11) is 0. The number of hydrogen-bond donors (Lipinski definition) is 0. The Morgan fingerprint density at radius 2 is 1.43 bits per heavy atom. The van der Waals surface area contributed by atoms with Gasteiger partial charge in [0.1, 0.15) is 0 Å². The van der Waals surface area contributed by atoms with E-state index in [4.69, 9.17) is 0 Å². The van der Waals surface area contributed by atoms with Gasteiger partial charge in [-0.3, -0.25) is 0 Å². The predicted octanol–water partition coefficient (Wildman–Crippen LogP) is 7.71. The number of hydrogen-bond acceptors (Lipinski definition) is 0. The molecule has 28 heavy (non-hydrogen) atoms. The van der Waals surface area contributed by atoms with E-state index in [9.17, 15) is 0 Å². The molecule has 142 valence electrons. The zero-order chi connectivity index (χ0) is 19.9. The van der Waals surface area contributed by atoms with Crippen molar-refractivity contribution in [2.75, 3.05) is 0 Å². The number of benzene rings is 2. The first-order valence-electron chi connectivity index (χ1n) is 10.4. The van der Waals surface area contributed by atoms with Crippen molar-refractivity contribution in [1.29, 1.82) is 0 Å². The Morgan fingerprint density at radius 3 is 2.11 bits per heavy atom. The molecular weight excluding hydrogens is 503 g/mol. The van der Waals surface area contributed by atoms with E-state index in [0.717, 1.165) is 0 Å². The third-order valence-corrected chi connectivity index (χ3v) is 14.5. The van der Waals surface area contributed by atoms with Crippen molar-refractivity contribution in [2.24, 2.45) is 0 Å². The molecule has 0 saturated heterocycles. The summed E-state index contributed by atoms with van der Waals surface area (Å²) in [6, 6.07) is 20.1. The van der Waals surface area contributed by atoms with Crippen LogP contribution in [0.4, 0.5) is 0 Å². The molecule has 0 fully saturated rings. The summed E-state index contributed by atoms with van der Waals surface area (Å²) in [6.45, 7) is 12.0. The fourth-order valence-electron chi connectivity index (χ4n) is 4.86. The third kappa shape index (κ3) is 3.37. The minimum absolute atomic E-state index is 0.354. The predicted molar refractivity (Wildman–Crippen MR) is 117 cm³/mol. The Bertz CT molecular complexity index is 964. The molecule has 0 heterocycles. The van der Waals surface area contributed by atoms with Crippen molar-refractivity contribution in [3.05, 3.63) is 96.9 Å². The Balaban J connectivity index is 1.64. The summed E-state index contributed by atoms with van der Waals surface area (Å²) in [5.41, 5.74) is 10.9. The molecule has 0 radical (unpaired) electrons. The molecule has 0 bridgehead atoms. The van der Waals surface area contributed by atoms with Crippen molar-refractivity contribution in [2.45, 2.75) is 56.5 Å². The Hall–Kier alpha value is -1.47. The van der Waals surface area contributed by atoms with Crippen molar-refractivity contribution in [1.82, 2.24) is 0 Å². The van der Waals surface area contributed by atoms with Gasteiger partial charge in [-0.25, -0.2) is 0 Å². The van der Waals surface area contributed by atoms with Crippen molar-refractivity contribution >= 4 is 6.08 Å². The second kappa shape index (κ2) is 7.75. The maximum atomic E-state index is 2.57. The molecule has 2 aliphatic carbocycles. The van der Waals surface area contributed by atoms with Crippen LogP contribution in [0.3, 0.4) is 0 Å². The van der Waals surface area contributed by atoms with E-state index in [0.29, 0.717) is 9.09 Å². The fraction of sp³-hybridized carbons (Fsp3) is 0.333. The number of fused-ring (bicyclic) bond motifs is 1. The van der Waals surface area contributed by atoms with Crippen LogP contribution in [0.15, 0.2) is 80.2 Å². The molecule has 0 N–H and O–H groups in total. The first-order valence-corrected chi connectivity index (χ1v) is 14.0. The van der Waals surface area contributed by atoms with E-state index < -0.39 is 22.9 Å². The van der Waals surface area contributed by atoms with Crippen LogP contribution in [0.25, 0.3) is 6.08 Å². The van der Waals surface area contributed by atoms with Crippen LogP contribution < -0.4 is 0 Å². The topological polar surface area (TPSA) is 0 Å². The molecule has 0 aromatic heterocycles. The SMILES string of the molecule is CC1=C(C)[C](C)([Hf][C]2=Cc3ccccc3C2CCc2ccccc2)C(C)=C1C. The van der Waals surface area contributed by atoms with E-state index in [1.54, 1.807) is 31.2 Å². The second-order valence-electron chi connectivity index (χ2n) is 8.56. The van der Waals surface area contributed by atoms with Gasteiger partial charge >= 0.3 is 182 Å². The molecule has 1 heteroatoms. The molecule has 0 spiro atoms. The van der Waals surface area contributed by atoms with Crippen LogP contribution in [0, 0.1) is 0 Å². The Labute approximate surface area is 181 Å². The third-order valence-electron chi connectivity index (χ3n) is 7.20. The molecule has 2 aromatic carbocycles. The van der Waals surface area contributed by atoms with Crippen LogP contribution in [0.2, 0.25) is 3.17 Å². The number of aryl methyl sites for hydroxylation is 1. The van der Waals surface area contributed by atoms with Gasteiger partial charge in [0.25, 0.3) is 0 Å². The fourth-order valence-corrected chi connectivity index (χ4v) is 12.1. The van der Waals surface area contributed by atoms with E-state index in [1.807, 2.05) is 0 Å². The monoisotopic (exact) mass is 534 g/mol. The molecule has 2 aromatic rings. The molecule has 0 saturated carbocycles. The zero-order valence-corrected chi connectivity index (χ0v) is 21.4. The minimum atomic E-state index is -1.09. The first kappa shape index (κ1) is 19.8. The van der Waals surface area contributed by atoms with E-state index in [2.05, 4.69) is 95.3 Å². The second-order valence-corrected chi connectivity index (χ2v) is 15.1. The molecule has 0 nitrogen and oxygen atoms in total. The number of rotatable bonds is 5. The van der Waals surface area contributed by atoms with Gasteiger partial charge in [-0.1, -0.05) is 0 Å². The molecule has 4 rings (SSSR count). The average molecular weight is 533 g/mol. The standard InChI is InChI=1S/C17H15.C10H15.Hf/c1-2-6-14(7-3-1)10-11-16-13-12-15-8-4-5-9-17(15)16;1-6-7(2)9(4)10(5)8(6)3;/h1-9,12,16H,10-11H2;1-5H3;. The van der Waals surface area contributed by atoms with E-state index >= 15 is 0 Å². The zero-order valence-electron chi connectivity index (χ0n) is 17.8. The van der Waals surface area contributed by atoms with E-state index in [1.165, 1.54) is 24.0 Å². The van der Waals surface area contributed by atoms with Crippen LogP contribution in [-0.2, 0) is 29.3 Å². The molecule has 2 aliphatic rings. The van der Waals surface area contributed by atoms with Crippen molar-refractivity contribution in [3.8, 4) is 0 Å². The van der Waals surface area contributed by atoms with Gasteiger partial charge < -0.3 is 0 Å². The maximum absolute atomic E-state index is 2.57. The van der Waals surface area contributed by atoms with Gasteiger partial charge in [-0.05, 0) is 0 Å². The summed E-state index contributed by atoms with van der Waals surface area (Å²) in [5.74, 6) is 0.623. The molecule has 1 unspecified atom stereocenters. The summed E-state index contributed by atoms with van der Waals surface area (Å²) >= 11 is -1.09. The quantitative estimate of drug-likeness (QED) is 0.346. The van der Waals surface area contributed by atoms with Gasteiger partial charge in [0.15, 0.2) is 0 Å². The van der Waals surface area contributed by atoms with Crippen molar-refractivity contribution < 1.29 is 22.9 Å². The van der Waals surface area contributed by atoms with Crippen LogP contribution in [0.5, 0.6) is 0 Å². The molecule has 1 atom stereocenters. The first-order chi connectivity index (χ1) is 13.4. The van der Waals surface area contributed by atoms with Gasteiger partial charge in [-0.15, -0.1) is 0 Å². The van der Waals surface area contributed by atoms with E-state index in [-0.39, 0.29) is 0 Å². The number of allylic oxidation sites excluding steroid dienone is 5. The van der Waals surface area contributed by atoms with Gasteiger partial charge in [-0.2, -0.15) is 0 Å². The molecule has 0 aliphatic heterocycles.